The molecular formula is C13H8N2O3S. The van der Waals surface area contributed by atoms with Crippen molar-refractivity contribution < 1.29 is 9.72 Å². The number of carbonyl (C=O) groups excluding carboxylic acids is 1. The number of hydrogen-bond acceptors (Lipinski definition) is 4. The number of thiophene rings is 1. The molecule has 1 aromatic carbocycles. The van der Waals surface area contributed by atoms with Crippen molar-refractivity contribution in [3.8, 4) is 0 Å². The largest absolute Gasteiger partial charge is 0.360 e. The number of nitro benzene ring substituents is 1. The number of nitrogens with one attached hydrogen (secondary N) is 1. The standard InChI is InChI=1S/C13H8N2O3S/c16-13(12-2-1-5-19-12)10-7-14-11-4-3-8(15(17)18)6-9(10)11/h1-7,14H. The predicted octanol–water partition coefficient (Wildman–Crippen LogP) is 3.37. The van der Waals surface area contributed by atoms with E-state index in [1.54, 1.807) is 24.4 Å². The van der Waals surface area contributed by atoms with Crippen LogP contribution in [-0.2, 0) is 0 Å². The molecule has 0 aliphatic rings. The number of aromatic amines is 1. The first kappa shape index (κ1) is 11.6. The van der Waals surface area contributed by atoms with Crippen LogP contribution in [0.25, 0.3) is 10.9 Å². The molecule has 2 aromatic heterocycles. The number of fused-ring (bicyclic) bond motifs is 1. The van der Waals surface area contributed by atoms with Crippen molar-refractivity contribution in [2.75, 3.05) is 0 Å². The Bertz CT molecular complexity index is 774. The van der Waals surface area contributed by atoms with E-state index in [4.69, 9.17) is 0 Å². The van der Waals surface area contributed by atoms with Crippen LogP contribution in [0.15, 0.2) is 41.9 Å². The number of benzene rings is 1. The molecule has 0 radical (unpaired) electrons. The van der Waals surface area contributed by atoms with Crippen molar-refractivity contribution in [2.45, 2.75) is 0 Å². The molecule has 2 heterocycles. The third-order valence-corrected chi connectivity index (χ3v) is 3.73. The van der Waals surface area contributed by atoms with Crippen molar-refractivity contribution in [3.05, 3.63) is 62.5 Å². The Balaban J connectivity index is 2.16. The molecule has 0 amide bonds. The molecule has 1 N–H and O–H groups in total. The second-order valence-electron chi connectivity index (χ2n) is 4.00. The third kappa shape index (κ3) is 1.92. The van der Waals surface area contributed by atoms with Crippen LogP contribution in [-0.4, -0.2) is 15.7 Å². The molecule has 3 rings (SSSR count). The summed E-state index contributed by atoms with van der Waals surface area (Å²) < 4.78 is 0. The van der Waals surface area contributed by atoms with Crippen molar-refractivity contribution >= 4 is 33.7 Å². The maximum atomic E-state index is 12.3. The molecule has 94 valence electrons. The summed E-state index contributed by atoms with van der Waals surface area (Å²) in [7, 11) is 0. The van der Waals surface area contributed by atoms with Gasteiger partial charge in [0.05, 0.1) is 9.80 Å². The smallest absolute Gasteiger partial charge is 0.270 e. The summed E-state index contributed by atoms with van der Waals surface area (Å²) in [5.41, 5.74) is 1.15. The van der Waals surface area contributed by atoms with Crippen LogP contribution in [0.2, 0.25) is 0 Å². The normalized spacial score (nSPS) is 10.7. The Morgan fingerprint density at radius 2 is 2.16 bits per heavy atom. The fourth-order valence-electron chi connectivity index (χ4n) is 1.95. The van der Waals surface area contributed by atoms with Crippen LogP contribution in [0.1, 0.15) is 15.2 Å². The van der Waals surface area contributed by atoms with Gasteiger partial charge in [-0.2, -0.15) is 0 Å². The second kappa shape index (κ2) is 4.33. The van der Waals surface area contributed by atoms with Crippen LogP contribution in [0.5, 0.6) is 0 Å². The summed E-state index contributed by atoms with van der Waals surface area (Å²) in [6, 6.07) is 7.99. The van der Waals surface area contributed by atoms with E-state index in [2.05, 4.69) is 4.98 Å². The minimum Gasteiger partial charge on any atom is -0.360 e. The van der Waals surface area contributed by atoms with Crippen LogP contribution in [0.3, 0.4) is 0 Å². The zero-order valence-electron chi connectivity index (χ0n) is 9.62. The monoisotopic (exact) mass is 272 g/mol. The van der Waals surface area contributed by atoms with Crippen LogP contribution in [0, 0.1) is 10.1 Å². The minimum atomic E-state index is -0.466. The van der Waals surface area contributed by atoms with Crippen LogP contribution in [0.4, 0.5) is 5.69 Å². The summed E-state index contributed by atoms with van der Waals surface area (Å²) in [5.74, 6) is -0.123. The van der Waals surface area contributed by atoms with E-state index in [-0.39, 0.29) is 11.5 Å². The molecule has 0 aliphatic carbocycles. The average molecular weight is 272 g/mol. The first-order valence-corrected chi connectivity index (χ1v) is 6.38. The van der Waals surface area contributed by atoms with E-state index in [9.17, 15) is 14.9 Å². The lowest BCUT2D eigenvalue weighted by Crippen LogP contribution is -1.97. The van der Waals surface area contributed by atoms with Gasteiger partial charge in [-0.25, -0.2) is 0 Å². The topological polar surface area (TPSA) is 76.0 Å². The highest BCUT2D eigenvalue weighted by atomic mass is 32.1. The van der Waals surface area contributed by atoms with Gasteiger partial charge in [-0.15, -0.1) is 11.3 Å². The summed E-state index contributed by atoms with van der Waals surface area (Å²) in [5, 5.41) is 13.2. The first-order chi connectivity index (χ1) is 9.16. The van der Waals surface area contributed by atoms with Crippen molar-refractivity contribution in [1.29, 1.82) is 0 Å². The Morgan fingerprint density at radius 1 is 1.32 bits per heavy atom. The summed E-state index contributed by atoms with van der Waals surface area (Å²) >= 11 is 1.35. The number of carbonyl (C=O) groups is 1. The summed E-state index contributed by atoms with van der Waals surface area (Å²) in [4.78, 5) is 26.2. The molecule has 0 aliphatic heterocycles. The second-order valence-corrected chi connectivity index (χ2v) is 4.94. The lowest BCUT2D eigenvalue weighted by Gasteiger charge is -1.96. The van der Waals surface area contributed by atoms with E-state index in [0.29, 0.717) is 21.3 Å². The van der Waals surface area contributed by atoms with E-state index in [1.165, 1.54) is 23.5 Å². The molecule has 0 fully saturated rings. The van der Waals surface area contributed by atoms with Crippen LogP contribution < -0.4 is 0 Å². The van der Waals surface area contributed by atoms with Crippen molar-refractivity contribution in [1.82, 2.24) is 4.98 Å². The Labute approximate surface area is 111 Å². The van der Waals surface area contributed by atoms with Gasteiger partial charge in [0.25, 0.3) is 5.69 Å². The minimum absolute atomic E-state index is 0.0210. The molecule has 0 bridgehead atoms. The average Bonchev–Trinajstić information content (AvgIpc) is 3.06. The summed E-state index contributed by atoms with van der Waals surface area (Å²) in [6.45, 7) is 0. The zero-order valence-corrected chi connectivity index (χ0v) is 10.4. The molecule has 5 nitrogen and oxygen atoms in total. The van der Waals surface area contributed by atoms with Gasteiger partial charge in [0.2, 0.25) is 5.78 Å². The van der Waals surface area contributed by atoms with E-state index >= 15 is 0 Å². The fourth-order valence-corrected chi connectivity index (χ4v) is 2.63. The molecule has 3 aromatic rings. The lowest BCUT2D eigenvalue weighted by atomic mass is 10.1. The number of aromatic nitrogens is 1. The first-order valence-electron chi connectivity index (χ1n) is 5.50. The molecule has 0 spiro atoms. The SMILES string of the molecule is O=C(c1cccs1)c1c[nH]c2ccc([N+](=O)[O-])cc12. The number of rotatable bonds is 3. The van der Waals surface area contributed by atoms with Gasteiger partial charge < -0.3 is 4.98 Å². The predicted molar refractivity (Wildman–Crippen MR) is 72.7 cm³/mol. The number of ketones is 1. The zero-order chi connectivity index (χ0) is 13.4. The highest BCUT2D eigenvalue weighted by molar-refractivity contribution is 7.12. The molecule has 0 atom stereocenters. The van der Waals surface area contributed by atoms with Gasteiger partial charge >= 0.3 is 0 Å². The number of non-ortho nitro benzene ring substituents is 1. The van der Waals surface area contributed by atoms with Gasteiger partial charge in [-0.3, -0.25) is 14.9 Å². The molecule has 6 heteroatoms. The van der Waals surface area contributed by atoms with Gasteiger partial charge in [0, 0.05) is 34.8 Å². The summed E-state index contributed by atoms with van der Waals surface area (Å²) in [6.07, 6.45) is 1.59. The van der Waals surface area contributed by atoms with Crippen molar-refractivity contribution in [2.24, 2.45) is 0 Å². The lowest BCUT2D eigenvalue weighted by molar-refractivity contribution is -0.384. The molecule has 0 saturated carbocycles. The number of H-pyrrole nitrogens is 1. The van der Waals surface area contributed by atoms with Gasteiger partial charge in [-0.1, -0.05) is 6.07 Å². The Kier molecular flexibility index (Phi) is 2.64. The number of nitro groups is 1. The Hall–Kier alpha value is -2.47. The van der Waals surface area contributed by atoms with Crippen LogP contribution >= 0.6 is 11.3 Å². The molecular weight excluding hydrogens is 264 g/mol. The van der Waals surface area contributed by atoms with Crippen molar-refractivity contribution in [3.63, 3.8) is 0 Å². The maximum absolute atomic E-state index is 12.3. The number of nitrogens with zero attached hydrogens (tertiary/aromatic N) is 1. The number of hydrogen-bond donors (Lipinski definition) is 1. The van der Waals surface area contributed by atoms with Gasteiger partial charge in [0.1, 0.15) is 0 Å². The fraction of sp³-hybridized carbons (Fsp3) is 0. The molecule has 0 unspecified atom stereocenters. The molecule has 0 saturated heterocycles. The Morgan fingerprint density at radius 3 is 2.84 bits per heavy atom. The van der Waals surface area contributed by atoms with Gasteiger partial charge in [-0.05, 0) is 17.5 Å². The maximum Gasteiger partial charge on any atom is 0.270 e. The molecule has 19 heavy (non-hydrogen) atoms. The highest BCUT2D eigenvalue weighted by Gasteiger charge is 2.17. The van der Waals surface area contributed by atoms with E-state index in [0.717, 1.165) is 0 Å². The van der Waals surface area contributed by atoms with E-state index < -0.39 is 4.92 Å². The highest BCUT2D eigenvalue weighted by Crippen LogP contribution is 2.26. The third-order valence-electron chi connectivity index (χ3n) is 2.87. The quantitative estimate of drug-likeness (QED) is 0.451. The van der Waals surface area contributed by atoms with E-state index in [1.807, 2.05) is 5.38 Å². The van der Waals surface area contributed by atoms with Gasteiger partial charge in [0.15, 0.2) is 0 Å².